The smallest absolute Gasteiger partial charge is 0.410 e. The summed E-state index contributed by atoms with van der Waals surface area (Å²) in [7, 11) is 0. The van der Waals surface area contributed by atoms with Gasteiger partial charge in [-0.3, -0.25) is 14.9 Å². The zero-order valence-corrected chi connectivity index (χ0v) is 18.2. The molecular formula is C23H32N4O2. The first-order chi connectivity index (χ1) is 13.7. The molecule has 0 aliphatic carbocycles. The van der Waals surface area contributed by atoms with E-state index in [1.807, 2.05) is 45.3 Å². The highest BCUT2D eigenvalue weighted by atomic mass is 16.6. The van der Waals surface area contributed by atoms with E-state index in [-0.39, 0.29) is 6.09 Å². The average molecular weight is 397 g/mol. The molecule has 1 aliphatic heterocycles. The third-order valence-corrected chi connectivity index (χ3v) is 5.11. The highest BCUT2D eigenvalue weighted by Gasteiger charge is 2.34. The number of hydrogen-bond donors (Lipinski definition) is 0. The van der Waals surface area contributed by atoms with E-state index in [4.69, 9.17) is 4.74 Å². The van der Waals surface area contributed by atoms with Gasteiger partial charge < -0.3 is 9.64 Å². The van der Waals surface area contributed by atoms with Crippen LogP contribution in [0.4, 0.5) is 4.79 Å². The van der Waals surface area contributed by atoms with E-state index in [2.05, 4.69) is 40.8 Å². The van der Waals surface area contributed by atoms with Gasteiger partial charge in [0.25, 0.3) is 0 Å². The Labute approximate surface area is 173 Å². The monoisotopic (exact) mass is 396 g/mol. The summed E-state index contributed by atoms with van der Waals surface area (Å²) in [5.74, 6) is 0.426. The molecule has 0 N–H and O–H groups in total. The van der Waals surface area contributed by atoms with Gasteiger partial charge in [-0.1, -0.05) is 12.1 Å². The molecule has 1 aliphatic rings. The Morgan fingerprint density at radius 1 is 1.07 bits per heavy atom. The van der Waals surface area contributed by atoms with Crippen LogP contribution >= 0.6 is 0 Å². The van der Waals surface area contributed by atoms with Gasteiger partial charge in [0.2, 0.25) is 0 Å². The van der Waals surface area contributed by atoms with E-state index in [1.165, 1.54) is 11.1 Å². The summed E-state index contributed by atoms with van der Waals surface area (Å²) in [6.45, 7) is 13.8. The molecule has 0 bridgehead atoms. The second kappa shape index (κ2) is 8.91. The third kappa shape index (κ3) is 6.00. The number of ether oxygens (including phenoxy) is 1. The van der Waals surface area contributed by atoms with Crippen LogP contribution in [-0.2, 0) is 17.8 Å². The lowest BCUT2D eigenvalue weighted by molar-refractivity contribution is -0.00745. The predicted molar refractivity (Wildman–Crippen MR) is 113 cm³/mol. The van der Waals surface area contributed by atoms with Gasteiger partial charge in [-0.05, 0) is 57.9 Å². The van der Waals surface area contributed by atoms with Gasteiger partial charge in [-0.2, -0.15) is 0 Å². The molecule has 1 saturated heterocycles. The molecule has 0 aromatic carbocycles. The minimum Gasteiger partial charge on any atom is -0.444 e. The number of aryl methyl sites for hydroxylation is 2. The van der Waals surface area contributed by atoms with E-state index in [1.54, 1.807) is 4.90 Å². The molecule has 0 atom stereocenters. The second-order valence-corrected chi connectivity index (χ2v) is 8.95. The van der Waals surface area contributed by atoms with Crippen LogP contribution in [-0.4, -0.2) is 51.1 Å². The van der Waals surface area contributed by atoms with Gasteiger partial charge >= 0.3 is 6.09 Å². The van der Waals surface area contributed by atoms with Crippen LogP contribution < -0.4 is 0 Å². The van der Waals surface area contributed by atoms with E-state index in [0.717, 1.165) is 44.1 Å². The van der Waals surface area contributed by atoms with Gasteiger partial charge in [-0.15, -0.1) is 0 Å². The summed E-state index contributed by atoms with van der Waals surface area (Å²) in [4.78, 5) is 25.5. The molecule has 0 saturated carbocycles. The normalized spacial score (nSPS) is 14.8. The van der Waals surface area contributed by atoms with Crippen molar-refractivity contribution in [2.75, 3.05) is 19.6 Å². The molecule has 2 aromatic rings. The second-order valence-electron chi connectivity index (χ2n) is 8.95. The van der Waals surface area contributed by atoms with Crippen LogP contribution in [0.2, 0.25) is 0 Å². The first kappa shape index (κ1) is 21.2. The van der Waals surface area contributed by atoms with Crippen molar-refractivity contribution in [2.45, 2.75) is 53.3 Å². The standard InChI is InChI=1S/C23H32N4O2/c1-17-8-6-10-24-20(17)15-26(16-21-18(2)9-7-11-25-21)12-19-13-27(14-19)22(28)29-23(3,4)5/h6-11,19H,12-16H2,1-5H3. The van der Waals surface area contributed by atoms with E-state index in [0.29, 0.717) is 5.92 Å². The fraction of sp³-hybridized carbons (Fsp3) is 0.522. The van der Waals surface area contributed by atoms with E-state index < -0.39 is 5.60 Å². The van der Waals surface area contributed by atoms with Gasteiger partial charge in [-0.25, -0.2) is 4.79 Å². The van der Waals surface area contributed by atoms with Gasteiger partial charge in [0.1, 0.15) is 5.60 Å². The lowest BCUT2D eigenvalue weighted by Gasteiger charge is -2.42. The SMILES string of the molecule is Cc1cccnc1CN(Cc1ncccc1C)CC1CN(C(=O)OC(C)(C)C)C1. The summed E-state index contributed by atoms with van der Waals surface area (Å²) in [5, 5.41) is 0. The number of amides is 1. The Kier molecular flexibility index (Phi) is 6.52. The zero-order chi connectivity index (χ0) is 21.0. The van der Waals surface area contributed by atoms with Crippen LogP contribution in [0.5, 0.6) is 0 Å². The quantitative estimate of drug-likeness (QED) is 0.740. The molecule has 3 heterocycles. The number of likely N-dealkylation sites (tertiary alicyclic amines) is 1. The third-order valence-electron chi connectivity index (χ3n) is 5.11. The Hall–Kier alpha value is -2.47. The van der Waals surface area contributed by atoms with Crippen molar-refractivity contribution in [3.05, 3.63) is 59.2 Å². The predicted octanol–water partition coefficient (Wildman–Crippen LogP) is 3.96. The molecule has 29 heavy (non-hydrogen) atoms. The highest BCUT2D eigenvalue weighted by Crippen LogP contribution is 2.22. The van der Waals surface area contributed by atoms with E-state index >= 15 is 0 Å². The number of carbonyl (C=O) groups excluding carboxylic acids is 1. The Bertz CT molecular complexity index is 793. The number of rotatable bonds is 6. The van der Waals surface area contributed by atoms with Gasteiger partial charge in [0, 0.05) is 51.0 Å². The van der Waals surface area contributed by atoms with Gasteiger partial charge in [0.05, 0.1) is 11.4 Å². The summed E-state index contributed by atoms with van der Waals surface area (Å²) >= 11 is 0. The van der Waals surface area contributed by atoms with Crippen molar-refractivity contribution in [3.8, 4) is 0 Å². The van der Waals surface area contributed by atoms with Crippen LogP contribution in [0, 0.1) is 19.8 Å². The van der Waals surface area contributed by atoms with Crippen molar-refractivity contribution in [3.63, 3.8) is 0 Å². The van der Waals surface area contributed by atoms with Crippen LogP contribution in [0.1, 0.15) is 43.3 Å². The number of nitrogens with zero attached hydrogens (tertiary/aromatic N) is 4. The summed E-state index contributed by atoms with van der Waals surface area (Å²) in [5.41, 5.74) is 4.11. The Morgan fingerprint density at radius 2 is 1.59 bits per heavy atom. The molecule has 1 amide bonds. The van der Waals surface area contributed by atoms with E-state index in [9.17, 15) is 4.79 Å². The van der Waals surface area contributed by atoms with Crippen LogP contribution in [0.3, 0.4) is 0 Å². The number of carbonyl (C=O) groups is 1. The number of pyridine rings is 2. The highest BCUT2D eigenvalue weighted by molar-refractivity contribution is 5.69. The molecular weight excluding hydrogens is 364 g/mol. The first-order valence-corrected chi connectivity index (χ1v) is 10.2. The molecule has 1 fully saturated rings. The van der Waals surface area contributed by atoms with Crippen molar-refractivity contribution >= 4 is 6.09 Å². The molecule has 0 unspecified atom stereocenters. The van der Waals surface area contributed by atoms with Crippen LogP contribution in [0.15, 0.2) is 36.7 Å². The minimum atomic E-state index is -0.457. The molecule has 0 spiro atoms. The maximum atomic E-state index is 12.2. The molecule has 2 aromatic heterocycles. The molecule has 6 heteroatoms. The molecule has 3 rings (SSSR count). The van der Waals surface area contributed by atoms with Crippen molar-refractivity contribution < 1.29 is 9.53 Å². The van der Waals surface area contributed by atoms with Crippen molar-refractivity contribution in [1.82, 2.24) is 19.8 Å². The minimum absolute atomic E-state index is 0.221. The summed E-state index contributed by atoms with van der Waals surface area (Å²) in [6, 6.07) is 8.13. The summed E-state index contributed by atoms with van der Waals surface area (Å²) in [6.07, 6.45) is 3.47. The largest absolute Gasteiger partial charge is 0.444 e. The topological polar surface area (TPSA) is 58.6 Å². The molecule has 6 nitrogen and oxygen atoms in total. The van der Waals surface area contributed by atoms with Crippen LogP contribution in [0.25, 0.3) is 0 Å². The average Bonchev–Trinajstić information content (AvgIpc) is 2.59. The zero-order valence-electron chi connectivity index (χ0n) is 18.2. The maximum Gasteiger partial charge on any atom is 0.410 e. The fourth-order valence-corrected chi connectivity index (χ4v) is 3.50. The maximum absolute atomic E-state index is 12.2. The van der Waals surface area contributed by atoms with Gasteiger partial charge in [0.15, 0.2) is 0 Å². The number of hydrogen-bond acceptors (Lipinski definition) is 5. The lowest BCUT2D eigenvalue weighted by Crippen LogP contribution is -2.54. The molecule has 0 radical (unpaired) electrons. The fourth-order valence-electron chi connectivity index (χ4n) is 3.50. The molecule has 156 valence electrons. The van der Waals surface area contributed by atoms with Crippen molar-refractivity contribution in [2.24, 2.45) is 5.92 Å². The summed E-state index contributed by atoms with van der Waals surface area (Å²) < 4.78 is 5.47. The Morgan fingerprint density at radius 3 is 2.03 bits per heavy atom. The Balaban J connectivity index is 1.64. The number of aromatic nitrogens is 2. The lowest BCUT2D eigenvalue weighted by atomic mass is 9.99. The van der Waals surface area contributed by atoms with Crippen molar-refractivity contribution in [1.29, 1.82) is 0 Å². The first-order valence-electron chi connectivity index (χ1n) is 10.2.